The van der Waals surface area contributed by atoms with Crippen LogP contribution in [0.5, 0.6) is 0 Å². The van der Waals surface area contributed by atoms with Crippen LogP contribution in [-0.4, -0.2) is 15.7 Å². The molecule has 0 spiro atoms. The molecule has 1 aliphatic rings. The number of carbonyl (C=O) groups excluding carboxylic acids is 1. The first-order valence-corrected chi connectivity index (χ1v) is 10.5. The maximum Gasteiger partial charge on any atom is 0.435 e. The Morgan fingerprint density at radius 2 is 1.80 bits per heavy atom. The third kappa shape index (κ3) is 5.05. The second-order valence-corrected chi connectivity index (χ2v) is 8.27. The van der Waals surface area contributed by atoms with E-state index >= 15 is 0 Å². The van der Waals surface area contributed by atoms with Crippen molar-refractivity contribution in [1.29, 1.82) is 0 Å². The van der Waals surface area contributed by atoms with Crippen LogP contribution in [-0.2, 0) is 17.5 Å². The number of aromatic nitrogens is 2. The van der Waals surface area contributed by atoms with Gasteiger partial charge >= 0.3 is 6.18 Å². The van der Waals surface area contributed by atoms with Gasteiger partial charge in [0.05, 0.1) is 5.69 Å². The molecule has 2 aromatic carbocycles. The third-order valence-corrected chi connectivity index (χ3v) is 5.86. The summed E-state index contributed by atoms with van der Waals surface area (Å²) in [4.78, 5) is 14.5. The lowest BCUT2D eigenvalue weighted by Gasteiger charge is -2.11. The number of nitrogens with one attached hydrogen (secondary N) is 1. The first-order chi connectivity index (χ1) is 14.4. The molecule has 1 aliphatic carbocycles. The average Bonchev–Trinajstić information content (AvgIpc) is 3.46. The number of rotatable bonds is 7. The van der Waals surface area contributed by atoms with Crippen LogP contribution in [0.15, 0.2) is 70.5 Å². The number of carbonyl (C=O) groups is 1. The van der Waals surface area contributed by atoms with Gasteiger partial charge in [-0.25, -0.2) is 0 Å². The zero-order valence-electron chi connectivity index (χ0n) is 16.0. The third-order valence-electron chi connectivity index (χ3n) is 4.78. The summed E-state index contributed by atoms with van der Waals surface area (Å²) in [5.41, 5.74) is 0.347. The lowest BCUT2D eigenvalue weighted by molar-refractivity contribution is -0.141. The normalized spacial score (nSPS) is 14.0. The monoisotopic (exact) mass is 431 g/mol. The summed E-state index contributed by atoms with van der Waals surface area (Å²) in [5, 5.41) is 6.58. The standard InChI is InChI=1S/C22H20F3N3OS/c23-22(24,25)20-14-18(15-10-11-15)28(27-20)13-12-21(29)26-17-8-4-5-9-19(17)30-16-6-2-1-3-7-16/h1-9,14-15H,10-13H2,(H,26,29). The summed E-state index contributed by atoms with van der Waals surface area (Å²) >= 11 is 1.53. The largest absolute Gasteiger partial charge is 0.435 e. The molecule has 1 heterocycles. The van der Waals surface area contributed by atoms with E-state index in [0.29, 0.717) is 11.4 Å². The fraction of sp³-hybridized carbons (Fsp3) is 0.273. The summed E-state index contributed by atoms with van der Waals surface area (Å²) < 4.78 is 40.4. The SMILES string of the molecule is O=C(CCn1nc(C(F)(F)F)cc1C1CC1)Nc1ccccc1Sc1ccccc1. The Labute approximate surface area is 176 Å². The van der Waals surface area contributed by atoms with E-state index in [1.165, 1.54) is 16.4 Å². The maximum atomic E-state index is 13.0. The minimum atomic E-state index is -4.48. The molecule has 0 bridgehead atoms. The lowest BCUT2D eigenvalue weighted by atomic mass is 10.2. The Morgan fingerprint density at radius 1 is 1.10 bits per heavy atom. The van der Waals surface area contributed by atoms with Crippen LogP contribution in [0, 0.1) is 0 Å². The van der Waals surface area contributed by atoms with Crippen LogP contribution in [0.3, 0.4) is 0 Å². The van der Waals surface area contributed by atoms with Gasteiger partial charge in [-0.2, -0.15) is 18.3 Å². The second kappa shape index (κ2) is 8.55. The number of aryl methyl sites for hydroxylation is 1. The molecule has 1 saturated carbocycles. The Morgan fingerprint density at radius 3 is 2.50 bits per heavy atom. The minimum absolute atomic E-state index is 0.0447. The number of para-hydroxylation sites is 1. The van der Waals surface area contributed by atoms with Gasteiger partial charge in [-0.3, -0.25) is 9.48 Å². The van der Waals surface area contributed by atoms with Crippen molar-refractivity contribution in [2.45, 2.75) is 47.7 Å². The predicted molar refractivity (Wildman–Crippen MR) is 109 cm³/mol. The highest BCUT2D eigenvalue weighted by Crippen LogP contribution is 2.42. The van der Waals surface area contributed by atoms with E-state index < -0.39 is 11.9 Å². The molecule has 1 fully saturated rings. The first kappa shape index (κ1) is 20.5. The number of benzene rings is 2. The quantitative estimate of drug-likeness (QED) is 0.502. The molecule has 30 heavy (non-hydrogen) atoms. The molecule has 8 heteroatoms. The van der Waals surface area contributed by atoms with Gasteiger partial charge in [0.1, 0.15) is 0 Å². The van der Waals surface area contributed by atoms with Gasteiger partial charge in [-0.1, -0.05) is 42.1 Å². The van der Waals surface area contributed by atoms with E-state index in [1.807, 2.05) is 54.6 Å². The van der Waals surface area contributed by atoms with E-state index in [1.54, 1.807) is 0 Å². The topological polar surface area (TPSA) is 46.9 Å². The molecule has 0 saturated heterocycles. The number of hydrogen-bond donors (Lipinski definition) is 1. The fourth-order valence-electron chi connectivity index (χ4n) is 3.15. The smallest absolute Gasteiger partial charge is 0.325 e. The number of hydrogen-bond acceptors (Lipinski definition) is 3. The van der Waals surface area contributed by atoms with E-state index in [4.69, 9.17) is 0 Å². The van der Waals surface area contributed by atoms with E-state index in [9.17, 15) is 18.0 Å². The van der Waals surface area contributed by atoms with Gasteiger partial charge in [0.15, 0.2) is 5.69 Å². The van der Waals surface area contributed by atoms with E-state index in [-0.39, 0.29) is 24.8 Å². The van der Waals surface area contributed by atoms with Crippen LogP contribution in [0.1, 0.15) is 36.6 Å². The highest BCUT2D eigenvalue weighted by Gasteiger charge is 2.37. The molecule has 0 aliphatic heterocycles. The Bertz CT molecular complexity index is 1030. The van der Waals surface area contributed by atoms with E-state index in [0.717, 1.165) is 28.7 Å². The molecule has 1 N–H and O–H groups in total. The molecule has 1 amide bonds. The average molecular weight is 431 g/mol. The van der Waals surface area contributed by atoms with Gasteiger partial charge in [0, 0.05) is 34.4 Å². The van der Waals surface area contributed by atoms with Crippen molar-refractivity contribution in [3.63, 3.8) is 0 Å². The van der Waals surface area contributed by atoms with Crippen molar-refractivity contribution in [3.8, 4) is 0 Å². The van der Waals surface area contributed by atoms with Crippen LogP contribution in [0.25, 0.3) is 0 Å². The van der Waals surface area contributed by atoms with Crippen molar-refractivity contribution in [1.82, 2.24) is 9.78 Å². The van der Waals surface area contributed by atoms with Gasteiger partial charge in [0.25, 0.3) is 0 Å². The Hall–Kier alpha value is -2.74. The predicted octanol–water partition coefficient (Wildman–Crippen LogP) is 5.96. The van der Waals surface area contributed by atoms with Crippen LogP contribution in [0.4, 0.5) is 18.9 Å². The van der Waals surface area contributed by atoms with Crippen LogP contribution >= 0.6 is 11.8 Å². The zero-order valence-corrected chi connectivity index (χ0v) is 16.8. The Kier molecular flexibility index (Phi) is 5.85. The van der Waals surface area contributed by atoms with Gasteiger partial charge < -0.3 is 5.32 Å². The summed E-state index contributed by atoms with van der Waals surface area (Å²) in [7, 11) is 0. The number of anilines is 1. The molecule has 4 nitrogen and oxygen atoms in total. The van der Waals surface area contributed by atoms with Crippen molar-refractivity contribution in [2.75, 3.05) is 5.32 Å². The molecule has 0 atom stereocenters. The zero-order chi connectivity index (χ0) is 21.1. The first-order valence-electron chi connectivity index (χ1n) is 9.67. The highest BCUT2D eigenvalue weighted by atomic mass is 32.2. The molecule has 1 aromatic heterocycles. The summed E-state index contributed by atoms with van der Waals surface area (Å²) in [6, 6.07) is 18.4. The molecule has 0 radical (unpaired) electrons. The van der Waals surface area contributed by atoms with Crippen LogP contribution in [0.2, 0.25) is 0 Å². The van der Waals surface area contributed by atoms with Crippen LogP contribution < -0.4 is 5.32 Å². The van der Waals surface area contributed by atoms with Gasteiger partial charge in [-0.15, -0.1) is 0 Å². The molecule has 156 valence electrons. The molecular weight excluding hydrogens is 411 g/mol. The summed E-state index contributed by atoms with van der Waals surface area (Å²) in [6.07, 6.45) is -2.72. The summed E-state index contributed by atoms with van der Waals surface area (Å²) in [5.74, 6) is -0.151. The number of halogens is 3. The van der Waals surface area contributed by atoms with Gasteiger partial charge in [-0.05, 0) is 43.2 Å². The Balaban J connectivity index is 1.42. The molecular formula is C22H20F3N3OS. The van der Waals surface area contributed by atoms with E-state index in [2.05, 4.69) is 10.4 Å². The van der Waals surface area contributed by atoms with Gasteiger partial charge in [0.2, 0.25) is 5.91 Å². The number of alkyl halides is 3. The minimum Gasteiger partial charge on any atom is -0.325 e. The lowest BCUT2D eigenvalue weighted by Crippen LogP contribution is -2.17. The summed E-state index contributed by atoms with van der Waals surface area (Å²) in [6.45, 7) is 0.113. The molecule has 4 rings (SSSR count). The van der Waals surface area contributed by atoms with Crippen molar-refractivity contribution in [3.05, 3.63) is 72.1 Å². The highest BCUT2D eigenvalue weighted by molar-refractivity contribution is 7.99. The number of nitrogens with zero attached hydrogens (tertiary/aromatic N) is 2. The van der Waals surface area contributed by atoms with Crippen molar-refractivity contribution in [2.24, 2.45) is 0 Å². The second-order valence-electron chi connectivity index (χ2n) is 7.16. The molecule has 0 unspecified atom stereocenters. The van der Waals surface area contributed by atoms with Crippen molar-refractivity contribution < 1.29 is 18.0 Å². The fourth-order valence-corrected chi connectivity index (χ4v) is 4.07. The number of amides is 1. The maximum absolute atomic E-state index is 13.0. The van der Waals surface area contributed by atoms with Crippen molar-refractivity contribution >= 4 is 23.4 Å². The molecule has 3 aromatic rings.